The Morgan fingerprint density at radius 3 is 2.79 bits per heavy atom. The molecule has 3 unspecified atom stereocenters. The number of hydrogen-bond acceptors (Lipinski definition) is 3. The van der Waals surface area contributed by atoms with Gasteiger partial charge in [-0.3, -0.25) is 4.90 Å². The SMILES string of the molecule is CCC1CCCN(C2(CN)CCOC(C)(CC)C2)C1. The largest absolute Gasteiger partial charge is 0.375 e. The van der Waals surface area contributed by atoms with Crippen molar-refractivity contribution in [3.8, 4) is 0 Å². The van der Waals surface area contributed by atoms with Crippen LogP contribution in [0.25, 0.3) is 0 Å². The van der Waals surface area contributed by atoms with Crippen LogP contribution in [0.4, 0.5) is 0 Å². The Morgan fingerprint density at radius 2 is 2.16 bits per heavy atom. The van der Waals surface area contributed by atoms with Gasteiger partial charge in [-0.2, -0.15) is 0 Å². The van der Waals surface area contributed by atoms with Gasteiger partial charge in [-0.1, -0.05) is 20.3 Å². The van der Waals surface area contributed by atoms with E-state index in [1.807, 2.05) is 0 Å². The minimum Gasteiger partial charge on any atom is -0.375 e. The molecule has 2 N–H and O–H groups in total. The van der Waals surface area contributed by atoms with Crippen molar-refractivity contribution in [1.82, 2.24) is 4.90 Å². The molecule has 3 nitrogen and oxygen atoms in total. The Hall–Kier alpha value is -0.120. The molecule has 2 rings (SSSR count). The van der Waals surface area contributed by atoms with Crippen molar-refractivity contribution < 1.29 is 4.74 Å². The maximum atomic E-state index is 6.23. The summed E-state index contributed by atoms with van der Waals surface area (Å²) in [6.07, 6.45) is 7.33. The lowest BCUT2D eigenvalue weighted by Crippen LogP contribution is -2.62. The second-order valence-electron chi connectivity index (χ2n) is 6.87. The van der Waals surface area contributed by atoms with Crippen LogP contribution in [0.2, 0.25) is 0 Å². The first-order chi connectivity index (χ1) is 9.07. The lowest BCUT2D eigenvalue weighted by atomic mass is 9.76. The number of piperidine rings is 1. The minimum absolute atomic E-state index is 0.0246. The Morgan fingerprint density at radius 1 is 1.37 bits per heavy atom. The fourth-order valence-electron chi connectivity index (χ4n) is 3.95. The molecule has 0 saturated carbocycles. The summed E-state index contributed by atoms with van der Waals surface area (Å²) in [5, 5.41) is 0. The maximum Gasteiger partial charge on any atom is 0.0670 e. The topological polar surface area (TPSA) is 38.5 Å². The van der Waals surface area contributed by atoms with Crippen LogP contribution < -0.4 is 5.73 Å². The third kappa shape index (κ3) is 3.14. The van der Waals surface area contributed by atoms with E-state index in [0.29, 0.717) is 0 Å². The van der Waals surface area contributed by atoms with Gasteiger partial charge < -0.3 is 10.5 Å². The maximum absolute atomic E-state index is 6.23. The smallest absolute Gasteiger partial charge is 0.0670 e. The second kappa shape index (κ2) is 6.11. The molecular weight excluding hydrogens is 236 g/mol. The van der Waals surface area contributed by atoms with E-state index in [1.165, 1.54) is 32.4 Å². The van der Waals surface area contributed by atoms with Gasteiger partial charge in [0.15, 0.2) is 0 Å². The fourth-order valence-corrected chi connectivity index (χ4v) is 3.95. The van der Waals surface area contributed by atoms with E-state index < -0.39 is 0 Å². The number of rotatable bonds is 4. The highest BCUT2D eigenvalue weighted by Gasteiger charge is 2.46. The number of hydrogen-bond donors (Lipinski definition) is 1. The van der Waals surface area contributed by atoms with Crippen LogP contribution in [-0.4, -0.2) is 42.3 Å². The Balaban J connectivity index is 2.12. The summed E-state index contributed by atoms with van der Waals surface area (Å²) >= 11 is 0. The predicted molar refractivity (Wildman–Crippen MR) is 80.3 cm³/mol. The first kappa shape index (κ1) is 15.3. The summed E-state index contributed by atoms with van der Waals surface area (Å²) < 4.78 is 6.03. The quantitative estimate of drug-likeness (QED) is 0.852. The lowest BCUT2D eigenvalue weighted by molar-refractivity contribution is -0.134. The molecule has 0 aromatic heterocycles. The summed E-state index contributed by atoms with van der Waals surface area (Å²) in [5.41, 5.74) is 6.45. The van der Waals surface area contributed by atoms with Crippen molar-refractivity contribution in [2.45, 2.75) is 70.4 Å². The van der Waals surface area contributed by atoms with E-state index >= 15 is 0 Å². The van der Waals surface area contributed by atoms with E-state index in [1.54, 1.807) is 0 Å². The van der Waals surface area contributed by atoms with Crippen molar-refractivity contribution in [1.29, 1.82) is 0 Å². The van der Waals surface area contributed by atoms with Crippen molar-refractivity contribution in [2.75, 3.05) is 26.2 Å². The van der Waals surface area contributed by atoms with Crippen molar-refractivity contribution in [3.63, 3.8) is 0 Å². The van der Waals surface area contributed by atoms with E-state index in [9.17, 15) is 0 Å². The molecule has 112 valence electrons. The van der Waals surface area contributed by atoms with Gasteiger partial charge in [-0.05, 0) is 51.5 Å². The van der Waals surface area contributed by atoms with Crippen molar-refractivity contribution >= 4 is 0 Å². The first-order valence-electron chi connectivity index (χ1n) is 8.16. The van der Waals surface area contributed by atoms with Crippen LogP contribution in [0.3, 0.4) is 0 Å². The van der Waals surface area contributed by atoms with Gasteiger partial charge in [0, 0.05) is 25.2 Å². The van der Waals surface area contributed by atoms with Crippen LogP contribution >= 0.6 is 0 Å². The Labute approximate surface area is 118 Å². The lowest BCUT2D eigenvalue weighted by Gasteiger charge is -2.53. The van der Waals surface area contributed by atoms with Crippen LogP contribution in [0.15, 0.2) is 0 Å². The molecule has 0 aromatic carbocycles. The highest BCUT2D eigenvalue weighted by atomic mass is 16.5. The standard InChI is InChI=1S/C16H32N2O/c1-4-14-7-6-9-18(11-14)16(13-17)8-10-19-15(3,5-2)12-16/h14H,4-13,17H2,1-3H3. The molecule has 2 fully saturated rings. The van der Waals surface area contributed by atoms with Crippen LogP contribution in [-0.2, 0) is 4.74 Å². The minimum atomic E-state index is 0.0246. The summed E-state index contributed by atoms with van der Waals surface area (Å²) in [5.74, 6) is 0.868. The van der Waals surface area contributed by atoms with Gasteiger partial charge >= 0.3 is 0 Å². The number of nitrogens with zero attached hydrogens (tertiary/aromatic N) is 1. The van der Waals surface area contributed by atoms with Crippen molar-refractivity contribution in [2.24, 2.45) is 11.7 Å². The Kier molecular flexibility index (Phi) is 4.91. The molecular formula is C16H32N2O. The molecule has 3 atom stereocenters. The monoisotopic (exact) mass is 268 g/mol. The van der Waals surface area contributed by atoms with Crippen LogP contribution in [0, 0.1) is 5.92 Å². The number of likely N-dealkylation sites (tertiary alicyclic amines) is 1. The highest BCUT2D eigenvalue weighted by molar-refractivity contribution is 5.01. The normalized spacial score (nSPS) is 41.4. The number of ether oxygens (including phenoxy) is 1. The van der Waals surface area contributed by atoms with Gasteiger partial charge in [-0.15, -0.1) is 0 Å². The Bertz CT molecular complexity index is 296. The van der Waals surface area contributed by atoms with Gasteiger partial charge in [0.2, 0.25) is 0 Å². The predicted octanol–water partition coefficient (Wildman–Crippen LogP) is 2.79. The fraction of sp³-hybridized carbons (Fsp3) is 1.00. The van der Waals surface area contributed by atoms with E-state index in [-0.39, 0.29) is 11.1 Å². The van der Waals surface area contributed by atoms with E-state index in [4.69, 9.17) is 10.5 Å². The summed E-state index contributed by atoms with van der Waals surface area (Å²) in [6, 6.07) is 0. The molecule has 0 spiro atoms. The molecule has 0 aromatic rings. The molecule has 19 heavy (non-hydrogen) atoms. The third-order valence-corrected chi connectivity index (χ3v) is 5.62. The highest BCUT2D eigenvalue weighted by Crippen LogP contribution is 2.39. The zero-order valence-corrected chi connectivity index (χ0v) is 13.1. The molecule has 3 heteroatoms. The molecule has 2 heterocycles. The average Bonchev–Trinajstić information content (AvgIpc) is 2.47. The zero-order chi connectivity index (χ0) is 13.9. The second-order valence-corrected chi connectivity index (χ2v) is 6.87. The van der Waals surface area contributed by atoms with Gasteiger partial charge in [0.1, 0.15) is 0 Å². The molecule has 0 amide bonds. The zero-order valence-electron chi connectivity index (χ0n) is 13.1. The first-order valence-corrected chi connectivity index (χ1v) is 8.16. The van der Waals surface area contributed by atoms with Gasteiger partial charge in [0.25, 0.3) is 0 Å². The van der Waals surface area contributed by atoms with Crippen LogP contribution in [0.1, 0.15) is 59.3 Å². The molecule has 0 aliphatic carbocycles. The average molecular weight is 268 g/mol. The van der Waals surface area contributed by atoms with Gasteiger partial charge in [-0.25, -0.2) is 0 Å². The summed E-state index contributed by atoms with van der Waals surface area (Å²) in [4.78, 5) is 2.71. The molecule has 0 bridgehead atoms. The van der Waals surface area contributed by atoms with E-state index in [2.05, 4.69) is 25.7 Å². The van der Waals surface area contributed by atoms with Crippen molar-refractivity contribution in [3.05, 3.63) is 0 Å². The van der Waals surface area contributed by atoms with Gasteiger partial charge in [0.05, 0.1) is 5.60 Å². The molecule has 0 radical (unpaired) electrons. The molecule has 2 aliphatic heterocycles. The van der Waals surface area contributed by atoms with E-state index in [0.717, 1.165) is 38.3 Å². The number of nitrogens with two attached hydrogens (primary N) is 1. The van der Waals surface area contributed by atoms with Crippen LogP contribution in [0.5, 0.6) is 0 Å². The molecule has 2 aliphatic rings. The summed E-state index contributed by atoms with van der Waals surface area (Å²) in [7, 11) is 0. The third-order valence-electron chi connectivity index (χ3n) is 5.62. The molecule has 2 saturated heterocycles. The summed E-state index contributed by atoms with van der Waals surface area (Å²) in [6.45, 7) is 10.9.